The van der Waals surface area contributed by atoms with Gasteiger partial charge in [0.25, 0.3) is 0 Å². The molecule has 2 aliphatic heterocycles. The van der Waals surface area contributed by atoms with Gasteiger partial charge in [0, 0.05) is 30.1 Å². The number of ether oxygens (including phenoxy) is 1. The van der Waals surface area contributed by atoms with Gasteiger partial charge in [0.15, 0.2) is 0 Å². The average molecular weight is 602 g/mol. The smallest absolute Gasteiger partial charge is 0.497 e. The largest absolute Gasteiger partial charge is 2.00 e. The molecular formula is C24H18N6OPt. The molecule has 4 heterocycles. The molecule has 0 fully saturated rings. The number of anilines is 1. The molecule has 2 aromatic heterocycles. The summed E-state index contributed by atoms with van der Waals surface area (Å²) in [5, 5.41) is 3.43. The Morgan fingerprint density at radius 1 is 1.09 bits per heavy atom. The Morgan fingerprint density at radius 3 is 2.69 bits per heavy atom. The van der Waals surface area contributed by atoms with Crippen molar-refractivity contribution in [3.8, 4) is 34.3 Å². The van der Waals surface area contributed by atoms with Gasteiger partial charge in [-0.05, 0) is 12.1 Å². The van der Waals surface area contributed by atoms with Crippen molar-refractivity contribution in [2.24, 2.45) is 0 Å². The van der Waals surface area contributed by atoms with Gasteiger partial charge >= 0.3 is 21.1 Å². The van der Waals surface area contributed by atoms with E-state index in [1.54, 1.807) is 12.4 Å². The Bertz CT molecular complexity index is 1410. The molecule has 6 rings (SSSR count). The van der Waals surface area contributed by atoms with Gasteiger partial charge in [-0.25, -0.2) is 0 Å². The number of rotatable bonds is 2. The van der Waals surface area contributed by atoms with E-state index in [1.165, 1.54) is 5.56 Å². The Labute approximate surface area is 200 Å². The maximum absolute atomic E-state index is 7.37. The van der Waals surface area contributed by atoms with E-state index < -0.39 is 0 Å². The SMILES string of the molecule is [C-]#[N+]c1cnc2n1CCc1c-2[c-]c(Oc2[c-]c3c(c(C)c2)NCn2ccnc2-3)cc1C.[Pt+2]. The molecule has 32 heavy (non-hydrogen) atoms. The van der Waals surface area contributed by atoms with Crippen LogP contribution in [0.3, 0.4) is 0 Å². The quantitative estimate of drug-likeness (QED) is 0.332. The van der Waals surface area contributed by atoms with Crippen LogP contribution in [0.1, 0.15) is 16.7 Å². The third kappa shape index (κ3) is 3.06. The van der Waals surface area contributed by atoms with Gasteiger partial charge in [0.1, 0.15) is 5.82 Å². The van der Waals surface area contributed by atoms with Crippen LogP contribution >= 0.6 is 0 Å². The summed E-state index contributed by atoms with van der Waals surface area (Å²) in [7, 11) is 0. The molecule has 8 heteroatoms. The summed E-state index contributed by atoms with van der Waals surface area (Å²) in [5.41, 5.74) is 6.25. The number of aromatic nitrogens is 4. The fourth-order valence-corrected chi connectivity index (χ4v) is 4.47. The fourth-order valence-electron chi connectivity index (χ4n) is 4.47. The maximum Gasteiger partial charge on any atom is 2.00 e. The van der Waals surface area contributed by atoms with Crippen molar-refractivity contribution in [2.75, 3.05) is 5.32 Å². The van der Waals surface area contributed by atoms with E-state index in [1.807, 2.05) is 27.5 Å². The predicted molar refractivity (Wildman–Crippen MR) is 116 cm³/mol. The molecule has 0 spiro atoms. The van der Waals surface area contributed by atoms with Crippen LogP contribution in [0.4, 0.5) is 11.5 Å². The first kappa shape index (κ1) is 20.5. The molecule has 0 amide bonds. The summed E-state index contributed by atoms with van der Waals surface area (Å²) in [5.74, 6) is 3.43. The zero-order valence-corrected chi connectivity index (χ0v) is 19.7. The van der Waals surface area contributed by atoms with E-state index >= 15 is 0 Å². The van der Waals surface area contributed by atoms with Gasteiger partial charge in [0.05, 0.1) is 19.0 Å². The van der Waals surface area contributed by atoms with Crippen LogP contribution in [-0.2, 0) is 40.7 Å². The van der Waals surface area contributed by atoms with E-state index in [0.29, 0.717) is 24.0 Å². The molecule has 160 valence electrons. The van der Waals surface area contributed by atoms with Crippen molar-refractivity contribution >= 4 is 11.5 Å². The molecular weight excluding hydrogens is 583 g/mol. The normalized spacial score (nSPS) is 12.9. The average Bonchev–Trinajstić information content (AvgIpc) is 3.40. The van der Waals surface area contributed by atoms with Gasteiger partial charge in [-0.3, -0.25) is 9.97 Å². The van der Waals surface area contributed by atoms with E-state index in [9.17, 15) is 0 Å². The van der Waals surface area contributed by atoms with Crippen LogP contribution in [0.15, 0.2) is 30.7 Å². The summed E-state index contributed by atoms with van der Waals surface area (Å²) in [6.07, 6.45) is 6.22. The minimum absolute atomic E-state index is 0. The van der Waals surface area contributed by atoms with Crippen molar-refractivity contribution in [1.82, 2.24) is 19.1 Å². The topological polar surface area (TPSA) is 61.3 Å². The van der Waals surface area contributed by atoms with Gasteiger partial charge < -0.3 is 24.0 Å². The standard InChI is InChI=1S/C24H18N6O.Pt/c1-14-8-16(10-19-18(14)4-6-30-21(25-3)12-27-24(19)30)31-17-9-15(2)22-20(11-17)23-26-5-7-29(23)13-28-22;/h5,7-9,12,28H,4,6,13H2,1-2H3;/q-2;+2. The Hall–Kier alpha value is -3.36. The number of imidazole rings is 2. The first-order valence-corrected chi connectivity index (χ1v) is 10.1. The summed E-state index contributed by atoms with van der Waals surface area (Å²) >= 11 is 0. The molecule has 4 aromatic rings. The van der Waals surface area contributed by atoms with Crippen LogP contribution in [-0.4, -0.2) is 19.1 Å². The number of aryl methyl sites for hydroxylation is 2. The number of hydrogen-bond donors (Lipinski definition) is 1. The van der Waals surface area contributed by atoms with Crippen LogP contribution in [0.25, 0.3) is 27.6 Å². The van der Waals surface area contributed by atoms with Crippen molar-refractivity contribution < 1.29 is 25.8 Å². The third-order valence-corrected chi connectivity index (χ3v) is 5.96. The van der Waals surface area contributed by atoms with Crippen LogP contribution < -0.4 is 10.1 Å². The fraction of sp³-hybridized carbons (Fsp3) is 0.208. The Morgan fingerprint density at radius 2 is 1.88 bits per heavy atom. The van der Waals surface area contributed by atoms with Crippen LogP contribution in [0.2, 0.25) is 0 Å². The van der Waals surface area contributed by atoms with Gasteiger partial charge in [0.2, 0.25) is 5.82 Å². The second-order valence-corrected chi connectivity index (χ2v) is 7.85. The monoisotopic (exact) mass is 601 g/mol. The summed E-state index contributed by atoms with van der Waals surface area (Å²) in [6, 6.07) is 10.8. The van der Waals surface area contributed by atoms with E-state index in [4.69, 9.17) is 11.3 Å². The molecule has 7 nitrogen and oxygen atoms in total. The predicted octanol–water partition coefficient (Wildman–Crippen LogP) is 4.91. The second-order valence-electron chi connectivity index (χ2n) is 7.85. The van der Waals surface area contributed by atoms with Crippen molar-refractivity contribution in [1.29, 1.82) is 0 Å². The first-order chi connectivity index (χ1) is 15.1. The number of nitrogens with zero attached hydrogens (tertiary/aromatic N) is 5. The molecule has 2 aliphatic rings. The van der Waals surface area contributed by atoms with Crippen LogP contribution in [0.5, 0.6) is 11.5 Å². The van der Waals surface area contributed by atoms with Crippen molar-refractivity contribution in [2.45, 2.75) is 33.5 Å². The van der Waals surface area contributed by atoms with E-state index in [-0.39, 0.29) is 21.1 Å². The second kappa shape index (κ2) is 7.65. The molecule has 0 atom stereocenters. The number of benzene rings is 2. The van der Waals surface area contributed by atoms with E-state index in [2.05, 4.69) is 46.1 Å². The number of hydrogen-bond acceptors (Lipinski definition) is 4. The molecule has 1 N–H and O–H groups in total. The summed E-state index contributed by atoms with van der Waals surface area (Å²) in [6.45, 7) is 12.9. The molecule has 0 radical (unpaired) electrons. The zero-order valence-electron chi connectivity index (χ0n) is 17.5. The van der Waals surface area contributed by atoms with Gasteiger partial charge in [-0.15, -0.1) is 16.7 Å². The van der Waals surface area contributed by atoms with E-state index in [0.717, 1.165) is 52.6 Å². The molecule has 0 saturated heterocycles. The van der Waals surface area contributed by atoms with Crippen molar-refractivity contribution in [3.63, 3.8) is 0 Å². The minimum atomic E-state index is 0. The molecule has 0 unspecified atom stereocenters. The molecule has 2 aromatic carbocycles. The Balaban J connectivity index is 0.00000216. The summed E-state index contributed by atoms with van der Waals surface area (Å²) < 4.78 is 10.2. The minimum Gasteiger partial charge on any atom is -0.497 e. The molecule has 0 aliphatic carbocycles. The number of nitrogens with one attached hydrogen (secondary N) is 1. The van der Waals surface area contributed by atoms with Gasteiger partial charge in [-0.1, -0.05) is 55.8 Å². The number of fused-ring (bicyclic) bond motifs is 6. The maximum atomic E-state index is 7.37. The summed E-state index contributed by atoms with van der Waals surface area (Å²) in [4.78, 5) is 12.6. The molecule has 0 bridgehead atoms. The van der Waals surface area contributed by atoms with Crippen LogP contribution in [0, 0.1) is 32.6 Å². The Kier molecular flexibility index (Phi) is 4.91. The van der Waals surface area contributed by atoms with Gasteiger partial charge in [-0.2, -0.15) is 0 Å². The van der Waals surface area contributed by atoms with Crippen molar-refractivity contribution in [3.05, 3.63) is 71.0 Å². The third-order valence-electron chi connectivity index (χ3n) is 5.96. The zero-order chi connectivity index (χ0) is 21.1. The first-order valence-electron chi connectivity index (χ1n) is 10.1. The molecule has 0 saturated carbocycles.